The fourth-order valence-electron chi connectivity index (χ4n) is 2.53. The van der Waals surface area contributed by atoms with Gasteiger partial charge in [0.25, 0.3) is 0 Å². The number of benzene rings is 2. The Kier molecular flexibility index (Phi) is 9.48. The van der Waals surface area contributed by atoms with Gasteiger partial charge in [0, 0.05) is 5.69 Å². The van der Waals surface area contributed by atoms with Gasteiger partial charge in [0.05, 0.1) is 26.2 Å². The first-order valence-electron chi connectivity index (χ1n) is 8.94. The van der Waals surface area contributed by atoms with Crippen LogP contribution < -0.4 is 20.7 Å². The van der Waals surface area contributed by atoms with Crippen molar-refractivity contribution in [3.8, 4) is 5.75 Å². The molecule has 0 spiro atoms. The van der Waals surface area contributed by atoms with Crippen molar-refractivity contribution in [3.63, 3.8) is 0 Å². The normalized spacial score (nSPS) is 11.3. The number of carbonyl (C=O) groups excluding carboxylic acids is 2. The molecule has 1 atom stereocenters. The fraction of sp³-hybridized carbons (Fsp3) is 0.333. The smallest absolute Gasteiger partial charge is 0.246 e. The first kappa shape index (κ1) is 23.5. The minimum Gasteiger partial charge on any atom is -0.497 e. The van der Waals surface area contributed by atoms with Gasteiger partial charge in [-0.3, -0.25) is 9.59 Å². The van der Waals surface area contributed by atoms with Crippen LogP contribution in [0.5, 0.6) is 5.75 Å². The number of nitrogens with one attached hydrogen (secondary N) is 1. The zero-order valence-corrected chi connectivity index (χ0v) is 17.2. The van der Waals surface area contributed by atoms with Crippen LogP contribution in [-0.2, 0) is 16.1 Å². The maximum absolute atomic E-state index is 12.8. The van der Waals surface area contributed by atoms with Crippen molar-refractivity contribution in [2.45, 2.75) is 26.4 Å². The van der Waals surface area contributed by atoms with Gasteiger partial charge in [0.1, 0.15) is 5.75 Å². The molecule has 28 heavy (non-hydrogen) atoms. The van der Waals surface area contributed by atoms with Gasteiger partial charge in [0.2, 0.25) is 11.8 Å². The van der Waals surface area contributed by atoms with E-state index in [-0.39, 0.29) is 36.7 Å². The molecule has 3 N–H and O–H groups in total. The monoisotopic (exact) mass is 405 g/mol. The molecule has 2 rings (SSSR count). The summed E-state index contributed by atoms with van der Waals surface area (Å²) in [4.78, 5) is 26.5. The van der Waals surface area contributed by atoms with E-state index in [1.807, 2.05) is 56.3 Å². The summed E-state index contributed by atoms with van der Waals surface area (Å²) in [6, 6.07) is 16.3. The van der Waals surface area contributed by atoms with Gasteiger partial charge >= 0.3 is 0 Å². The molecular weight excluding hydrogens is 378 g/mol. The minimum absolute atomic E-state index is 0. The molecule has 7 heteroatoms. The minimum atomic E-state index is -0.638. The molecule has 0 bridgehead atoms. The molecule has 0 saturated heterocycles. The van der Waals surface area contributed by atoms with Crippen LogP contribution in [0, 0.1) is 5.92 Å². The Morgan fingerprint density at radius 1 is 1.07 bits per heavy atom. The Labute approximate surface area is 172 Å². The van der Waals surface area contributed by atoms with Gasteiger partial charge in [0.15, 0.2) is 0 Å². The number of rotatable bonds is 8. The van der Waals surface area contributed by atoms with Crippen LogP contribution in [0.25, 0.3) is 0 Å². The average Bonchev–Trinajstić information content (AvgIpc) is 2.70. The van der Waals surface area contributed by atoms with E-state index >= 15 is 0 Å². The average molecular weight is 406 g/mol. The molecule has 0 aliphatic carbocycles. The number of halogens is 1. The van der Waals surface area contributed by atoms with Crippen molar-refractivity contribution in [2.24, 2.45) is 11.7 Å². The van der Waals surface area contributed by atoms with Crippen LogP contribution in [0.1, 0.15) is 19.4 Å². The third-order valence-corrected chi connectivity index (χ3v) is 4.30. The van der Waals surface area contributed by atoms with E-state index in [0.717, 1.165) is 11.3 Å². The van der Waals surface area contributed by atoms with Crippen LogP contribution in [0.15, 0.2) is 54.6 Å². The van der Waals surface area contributed by atoms with Crippen LogP contribution in [0.2, 0.25) is 0 Å². The first-order valence-corrected chi connectivity index (χ1v) is 8.94. The molecule has 6 nitrogen and oxygen atoms in total. The molecule has 2 aromatic carbocycles. The predicted octanol–water partition coefficient (Wildman–Crippen LogP) is 2.75. The predicted molar refractivity (Wildman–Crippen MR) is 114 cm³/mol. The molecule has 0 aliphatic heterocycles. The maximum Gasteiger partial charge on any atom is 0.246 e. The quantitative estimate of drug-likeness (QED) is 0.707. The van der Waals surface area contributed by atoms with Crippen molar-refractivity contribution >= 4 is 29.9 Å². The zero-order chi connectivity index (χ0) is 19.8. The van der Waals surface area contributed by atoms with Crippen molar-refractivity contribution in [1.82, 2.24) is 5.32 Å². The van der Waals surface area contributed by atoms with E-state index in [1.54, 1.807) is 24.1 Å². The Hall–Kier alpha value is -2.57. The molecule has 0 fully saturated rings. The zero-order valence-electron chi connectivity index (χ0n) is 16.4. The van der Waals surface area contributed by atoms with E-state index < -0.39 is 6.04 Å². The lowest BCUT2D eigenvalue weighted by Crippen LogP contribution is -2.47. The number of nitrogens with zero attached hydrogens (tertiary/aromatic N) is 1. The largest absolute Gasteiger partial charge is 0.497 e. The van der Waals surface area contributed by atoms with Gasteiger partial charge in [-0.05, 0) is 35.7 Å². The second-order valence-electron chi connectivity index (χ2n) is 6.65. The summed E-state index contributed by atoms with van der Waals surface area (Å²) < 4.78 is 5.18. The standard InChI is InChI=1S/C21H27N3O3.ClH/c1-15(2)20(22)21(26)23-13-19(25)24(14-16-7-5-4-6-8-16)17-9-11-18(27-3)12-10-17;/h4-12,15,20H,13-14,22H2,1-3H3,(H,23,26);1H/t20-;/m0./s1. The highest BCUT2D eigenvalue weighted by atomic mass is 35.5. The SMILES string of the molecule is COc1ccc(N(Cc2ccccc2)C(=O)CNC(=O)[C@@H](N)C(C)C)cc1.Cl. The van der Waals surface area contributed by atoms with Gasteiger partial charge < -0.3 is 20.7 Å². The van der Waals surface area contributed by atoms with Gasteiger partial charge in [-0.1, -0.05) is 44.2 Å². The topological polar surface area (TPSA) is 84.7 Å². The molecule has 2 aromatic rings. The number of ether oxygens (including phenoxy) is 1. The fourth-order valence-corrected chi connectivity index (χ4v) is 2.53. The molecular formula is C21H28ClN3O3. The molecule has 0 aromatic heterocycles. The molecule has 0 aliphatic rings. The third-order valence-electron chi connectivity index (χ3n) is 4.30. The maximum atomic E-state index is 12.8. The Bertz CT molecular complexity index is 751. The molecule has 0 unspecified atom stereocenters. The molecule has 152 valence electrons. The number of carbonyl (C=O) groups is 2. The van der Waals surface area contributed by atoms with E-state index in [1.165, 1.54) is 0 Å². The van der Waals surface area contributed by atoms with E-state index in [2.05, 4.69) is 5.32 Å². The van der Waals surface area contributed by atoms with Crippen LogP contribution in [0.3, 0.4) is 0 Å². The first-order chi connectivity index (χ1) is 12.9. The molecule has 0 radical (unpaired) electrons. The Balaban J connectivity index is 0.00000392. The lowest BCUT2D eigenvalue weighted by Gasteiger charge is -2.24. The number of methoxy groups -OCH3 is 1. The highest BCUT2D eigenvalue weighted by Crippen LogP contribution is 2.21. The lowest BCUT2D eigenvalue weighted by molar-refractivity contribution is -0.126. The second kappa shape index (κ2) is 11.3. The number of hydrogen-bond acceptors (Lipinski definition) is 4. The van der Waals surface area contributed by atoms with Crippen LogP contribution in [-0.4, -0.2) is 31.5 Å². The van der Waals surface area contributed by atoms with Crippen molar-refractivity contribution in [1.29, 1.82) is 0 Å². The van der Waals surface area contributed by atoms with Crippen LogP contribution >= 0.6 is 12.4 Å². The number of nitrogens with two attached hydrogens (primary N) is 1. The summed E-state index contributed by atoms with van der Waals surface area (Å²) in [5.41, 5.74) is 7.56. The Morgan fingerprint density at radius 3 is 2.21 bits per heavy atom. The van der Waals surface area contributed by atoms with E-state index in [9.17, 15) is 9.59 Å². The summed E-state index contributed by atoms with van der Waals surface area (Å²) in [5, 5.41) is 2.64. The van der Waals surface area contributed by atoms with Gasteiger partial charge in [-0.2, -0.15) is 0 Å². The van der Waals surface area contributed by atoms with Crippen LogP contribution in [0.4, 0.5) is 5.69 Å². The van der Waals surface area contributed by atoms with Crippen molar-refractivity contribution < 1.29 is 14.3 Å². The summed E-state index contributed by atoms with van der Waals surface area (Å²) in [6.07, 6.45) is 0. The van der Waals surface area contributed by atoms with Crippen molar-refractivity contribution in [3.05, 3.63) is 60.2 Å². The molecule has 0 saturated carbocycles. The van der Waals surface area contributed by atoms with Crippen molar-refractivity contribution in [2.75, 3.05) is 18.6 Å². The van der Waals surface area contributed by atoms with Gasteiger partial charge in [-0.15, -0.1) is 12.4 Å². The number of anilines is 1. The summed E-state index contributed by atoms with van der Waals surface area (Å²) in [6.45, 7) is 4.02. The lowest BCUT2D eigenvalue weighted by atomic mass is 10.1. The molecule has 0 heterocycles. The second-order valence-corrected chi connectivity index (χ2v) is 6.65. The van der Waals surface area contributed by atoms with E-state index in [4.69, 9.17) is 10.5 Å². The molecule has 2 amide bonds. The highest BCUT2D eigenvalue weighted by molar-refractivity contribution is 5.97. The summed E-state index contributed by atoms with van der Waals surface area (Å²) in [7, 11) is 1.59. The van der Waals surface area contributed by atoms with Gasteiger partial charge in [-0.25, -0.2) is 0 Å². The number of hydrogen-bond donors (Lipinski definition) is 2. The summed E-state index contributed by atoms with van der Waals surface area (Å²) >= 11 is 0. The van der Waals surface area contributed by atoms with E-state index in [0.29, 0.717) is 12.3 Å². The number of amides is 2. The Morgan fingerprint density at radius 2 is 1.68 bits per heavy atom. The summed E-state index contributed by atoms with van der Waals surface area (Å²) in [5.74, 6) is 0.172. The third kappa shape index (κ3) is 6.55. The highest BCUT2D eigenvalue weighted by Gasteiger charge is 2.21.